The zero-order chi connectivity index (χ0) is 14.0. The highest BCUT2D eigenvalue weighted by Gasteiger charge is 2.23. The van der Waals surface area contributed by atoms with Crippen molar-refractivity contribution in [1.82, 2.24) is 4.40 Å². The molecule has 0 radical (unpaired) electrons. The van der Waals surface area contributed by atoms with Crippen LogP contribution >= 0.6 is 0 Å². The predicted octanol–water partition coefficient (Wildman–Crippen LogP) is 2.86. The minimum atomic E-state index is -0.357. The second-order valence-electron chi connectivity index (χ2n) is 4.35. The van der Waals surface area contributed by atoms with Gasteiger partial charge in [0.05, 0.1) is 17.7 Å². The first-order chi connectivity index (χ1) is 9.13. The van der Waals surface area contributed by atoms with E-state index in [0.29, 0.717) is 24.3 Å². The number of hydrogen-bond donors (Lipinski definition) is 0. The summed E-state index contributed by atoms with van der Waals surface area (Å²) in [7, 11) is 0. The monoisotopic (exact) mass is 256 g/mol. The van der Waals surface area contributed by atoms with Gasteiger partial charge in [0.2, 0.25) is 0 Å². The number of nitrogens with zero attached hydrogens (tertiary/aromatic N) is 2. The molecule has 0 bridgehead atoms. The smallest absolute Gasteiger partial charge is 0.340 e. The molecule has 0 aliphatic carbocycles. The quantitative estimate of drug-likeness (QED) is 0.793. The van der Waals surface area contributed by atoms with E-state index in [1.807, 2.05) is 32.2 Å². The third kappa shape index (κ3) is 2.08. The summed E-state index contributed by atoms with van der Waals surface area (Å²) in [6.07, 6.45) is 2.45. The van der Waals surface area contributed by atoms with Crippen LogP contribution in [0.15, 0.2) is 18.3 Å². The lowest BCUT2D eigenvalue weighted by atomic mass is 10.1. The molecule has 98 valence electrons. The van der Waals surface area contributed by atoms with Crippen molar-refractivity contribution >= 4 is 11.5 Å². The first kappa shape index (κ1) is 13.2. The molecule has 0 amide bonds. The Morgan fingerprint density at radius 3 is 2.79 bits per heavy atom. The SMILES string of the molecule is CCOC(=O)c1c(CC)c(C#N)n2ccc(C)cc12. The second-order valence-corrected chi connectivity index (χ2v) is 4.35. The number of fused-ring (bicyclic) bond motifs is 1. The molecular formula is C15H16N2O2. The fourth-order valence-electron chi connectivity index (χ4n) is 2.31. The number of rotatable bonds is 3. The number of carbonyl (C=O) groups excluding carboxylic acids is 1. The molecule has 2 heterocycles. The Labute approximate surface area is 112 Å². The summed E-state index contributed by atoms with van der Waals surface area (Å²) in [4.78, 5) is 12.1. The molecule has 19 heavy (non-hydrogen) atoms. The fraction of sp³-hybridized carbons (Fsp3) is 0.333. The largest absolute Gasteiger partial charge is 0.462 e. The molecule has 0 N–H and O–H groups in total. The molecule has 0 saturated carbocycles. The molecule has 2 aromatic heterocycles. The van der Waals surface area contributed by atoms with Crippen molar-refractivity contribution in [2.75, 3.05) is 6.61 Å². The van der Waals surface area contributed by atoms with Crippen LogP contribution in [0, 0.1) is 18.3 Å². The molecule has 0 aliphatic rings. The van der Waals surface area contributed by atoms with Crippen LogP contribution in [0.2, 0.25) is 0 Å². The number of pyridine rings is 1. The van der Waals surface area contributed by atoms with E-state index in [-0.39, 0.29) is 5.97 Å². The molecule has 0 unspecified atom stereocenters. The Morgan fingerprint density at radius 1 is 1.47 bits per heavy atom. The summed E-state index contributed by atoms with van der Waals surface area (Å²) >= 11 is 0. The number of aromatic nitrogens is 1. The van der Waals surface area contributed by atoms with E-state index in [9.17, 15) is 10.1 Å². The van der Waals surface area contributed by atoms with Gasteiger partial charge in [0, 0.05) is 11.8 Å². The van der Waals surface area contributed by atoms with Gasteiger partial charge in [0.1, 0.15) is 11.8 Å². The normalized spacial score (nSPS) is 10.4. The Bertz CT molecular complexity index is 677. The topological polar surface area (TPSA) is 54.5 Å². The first-order valence-electron chi connectivity index (χ1n) is 6.34. The average Bonchev–Trinajstić information content (AvgIpc) is 2.71. The highest BCUT2D eigenvalue weighted by Crippen LogP contribution is 2.25. The summed E-state index contributed by atoms with van der Waals surface area (Å²) in [6.45, 7) is 6.00. The predicted molar refractivity (Wildman–Crippen MR) is 72.2 cm³/mol. The van der Waals surface area contributed by atoms with E-state index in [0.717, 1.165) is 16.6 Å². The molecule has 0 fully saturated rings. The molecule has 0 aliphatic heterocycles. The van der Waals surface area contributed by atoms with Gasteiger partial charge >= 0.3 is 5.97 Å². The molecule has 0 atom stereocenters. The van der Waals surface area contributed by atoms with Gasteiger partial charge in [-0.25, -0.2) is 4.79 Å². The number of nitriles is 1. The molecule has 0 aromatic carbocycles. The maximum absolute atomic E-state index is 12.1. The van der Waals surface area contributed by atoms with E-state index < -0.39 is 0 Å². The molecule has 2 aromatic rings. The number of ether oxygens (including phenoxy) is 1. The van der Waals surface area contributed by atoms with Crippen LogP contribution in [0.25, 0.3) is 5.52 Å². The van der Waals surface area contributed by atoms with Crippen molar-refractivity contribution in [2.45, 2.75) is 27.2 Å². The minimum Gasteiger partial charge on any atom is -0.462 e. The van der Waals surface area contributed by atoms with Gasteiger partial charge in [-0.15, -0.1) is 0 Å². The van der Waals surface area contributed by atoms with Gasteiger partial charge in [-0.3, -0.25) is 0 Å². The number of aryl methyl sites for hydroxylation is 1. The van der Waals surface area contributed by atoms with Crippen molar-refractivity contribution in [3.05, 3.63) is 40.7 Å². The first-order valence-corrected chi connectivity index (χ1v) is 6.34. The Morgan fingerprint density at radius 2 is 2.21 bits per heavy atom. The van der Waals surface area contributed by atoms with E-state index in [1.54, 1.807) is 11.3 Å². The van der Waals surface area contributed by atoms with Crippen LogP contribution in [0.3, 0.4) is 0 Å². The molecular weight excluding hydrogens is 240 g/mol. The molecule has 4 heteroatoms. The Balaban J connectivity index is 2.82. The van der Waals surface area contributed by atoms with E-state index in [4.69, 9.17) is 4.74 Å². The lowest BCUT2D eigenvalue weighted by Crippen LogP contribution is -2.06. The van der Waals surface area contributed by atoms with Gasteiger partial charge in [-0.1, -0.05) is 6.92 Å². The summed E-state index contributed by atoms with van der Waals surface area (Å²) < 4.78 is 6.88. The summed E-state index contributed by atoms with van der Waals surface area (Å²) in [5.74, 6) is -0.357. The summed E-state index contributed by atoms with van der Waals surface area (Å²) in [6, 6.07) is 6.01. The number of carbonyl (C=O) groups is 1. The van der Waals surface area contributed by atoms with Crippen LogP contribution < -0.4 is 0 Å². The lowest BCUT2D eigenvalue weighted by Gasteiger charge is -2.03. The van der Waals surface area contributed by atoms with E-state index in [1.165, 1.54) is 0 Å². The van der Waals surface area contributed by atoms with Crippen molar-refractivity contribution in [3.63, 3.8) is 0 Å². The highest BCUT2D eigenvalue weighted by atomic mass is 16.5. The third-order valence-electron chi connectivity index (χ3n) is 3.13. The Kier molecular flexibility index (Phi) is 3.57. The number of esters is 1. The lowest BCUT2D eigenvalue weighted by molar-refractivity contribution is 0.0527. The van der Waals surface area contributed by atoms with Gasteiger partial charge < -0.3 is 9.14 Å². The minimum absolute atomic E-state index is 0.326. The van der Waals surface area contributed by atoms with E-state index in [2.05, 4.69) is 6.07 Å². The summed E-state index contributed by atoms with van der Waals surface area (Å²) in [5.41, 5.74) is 3.58. The highest BCUT2D eigenvalue weighted by molar-refractivity contribution is 6.00. The Hall–Kier alpha value is -2.28. The van der Waals surface area contributed by atoms with Crippen molar-refractivity contribution in [3.8, 4) is 6.07 Å². The fourth-order valence-corrected chi connectivity index (χ4v) is 2.31. The number of hydrogen-bond acceptors (Lipinski definition) is 3. The maximum Gasteiger partial charge on any atom is 0.340 e. The van der Waals surface area contributed by atoms with Crippen molar-refractivity contribution in [1.29, 1.82) is 5.26 Å². The van der Waals surface area contributed by atoms with Crippen LogP contribution in [-0.4, -0.2) is 17.0 Å². The molecule has 2 rings (SSSR count). The van der Waals surface area contributed by atoms with Gasteiger partial charge in [0.15, 0.2) is 0 Å². The molecule has 0 spiro atoms. The summed E-state index contributed by atoms with van der Waals surface area (Å²) in [5, 5.41) is 9.32. The van der Waals surface area contributed by atoms with Crippen molar-refractivity contribution < 1.29 is 9.53 Å². The van der Waals surface area contributed by atoms with Crippen molar-refractivity contribution in [2.24, 2.45) is 0 Å². The zero-order valence-corrected chi connectivity index (χ0v) is 11.4. The standard InChI is InChI=1S/C15H16N2O2/c1-4-11-13(9-16)17-7-6-10(3)8-12(17)14(11)15(18)19-5-2/h6-8H,4-5H2,1-3H3. The van der Waals surface area contributed by atoms with Gasteiger partial charge in [-0.05, 0) is 38.0 Å². The average molecular weight is 256 g/mol. The molecule has 4 nitrogen and oxygen atoms in total. The van der Waals surface area contributed by atoms with Gasteiger partial charge in [0.25, 0.3) is 0 Å². The second kappa shape index (κ2) is 5.15. The molecule has 0 saturated heterocycles. The van der Waals surface area contributed by atoms with Crippen LogP contribution in [0.4, 0.5) is 0 Å². The van der Waals surface area contributed by atoms with E-state index >= 15 is 0 Å². The van der Waals surface area contributed by atoms with Gasteiger partial charge in [-0.2, -0.15) is 5.26 Å². The maximum atomic E-state index is 12.1. The van der Waals surface area contributed by atoms with Crippen LogP contribution in [0.1, 0.15) is 41.0 Å². The van der Waals surface area contributed by atoms with Crippen LogP contribution in [-0.2, 0) is 11.2 Å². The third-order valence-corrected chi connectivity index (χ3v) is 3.13. The van der Waals surface area contributed by atoms with Crippen LogP contribution in [0.5, 0.6) is 0 Å². The zero-order valence-electron chi connectivity index (χ0n) is 11.4.